The molecule has 0 fully saturated rings. The zero-order chi connectivity index (χ0) is 15.1. The Balaban J connectivity index is 2.68. The summed E-state index contributed by atoms with van der Waals surface area (Å²) in [6.07, 6.45) is -1.05. The molecule has 0 bridgehead atoms. The van der Waals surface area contributed by atoms with Gasteiger partial charge in [0.15, 0.2) is 6.10 Å². The first-order valence-corrected chi connectivity index (χ1v) is 6.37. The van der Waals surface area contributed by atoms with Crippen molar-refractivity contribution in [2.75, 3.05) is 25.1 Å². The first kappa shape index (κ1) is 16.0. The Morgan fingerprint density at radius 3 is 2.40 bits per heavy atom. The number of aliphatic carboxylic acids is 1. The maximum atomic E-state index is 12.1. The van der Waals surface area contributed by atoms with Crippen LogP contribution in [0.4, 0.5) is 10.5 Å². The van der Waals surface area contributed by atoms with Crippen molar-refractivity contribution in [1.29, 1.82) is 0 Å². The van der Waals surface area contributed by atoms with Gasteiger partial charge in [0.2, 0.25) is 0 Å². The maximum Gasteiger partial charge on any atom is 0.334 e. The Kier molecular flexibility index (Phi) is 5.99. The molecule has 0 saturated heterocycles. The van der Waals surface area contributed by atoms with Crippen molar-refractivity contribution >= 4 is 17.7 Å². The lowest BCUT2D eigenvalue weighted by Gasteiger charge is -2.22. The van der Waals surface area contributed by atoms with E-state index in [0.717, 1.165) is 11.3 Å². The highest BCUT2D eigenvalue weighted by Gasteiger charge is 2.19. The number of aryl methyl sites for hydroxylation is 1. The quantitative estimate of drug-likeness (QED) is 0.830. The summed E-state index contributed by atoms with van der Waals surface area (Å²) in [6.45, 7) is 4.23. The van der Waals surface area contributed by atoms with Crippen LogP contribution in [0.1, 0.15) is 12.5 Å². The van der Waals surface area contributed by atoms with Crippen LogP contribution in [0.15, 0.2) is 24.3 Å². The third-order valence-corrected chi connectivity index (χ3v) is 2.91. The first-order chi connectivity index (χ1) is 9.49. The molecule has 0 heterocycles. The van der Waals surface area contributed by atoms with E-state index in [1.165, 1.54) is 12.0 Å². The van der Waals surface area contributed by atoms with Crippen molar-refractivity contribution in [2.45, 2.75) is 20.0 Å². The van der Waals surface area contributed by atoms with Crippen LogP contribution in [-0.2, 0) is 9.53 Å². The summed E-state index contributed by atoms with van der Waals surface area (Å²) in [6, 6.07) is 7.19. The van der Waals surface area contributed by atoms with Crippen molar-refractivity contribution in [2.24, 2.45) is 0 Å². The van der Waals surface area contributed by atoms with Gasteiger partial charge in [0.05, 0.1) is 6.54 Å². The van der Waals surface area contributed by atoms with E-state index in [1.54, 1.807) is 0 Å². The summed E-state index contributed by atoms with van der Waals surface area (Å²) in [5, 5.41) is 11.4. The van der Waals surface area contributed by atoms with Crippen LogP contribution >= 0.6 is 0 Å². The average molecular weight is 280 g/mol. The van der Waals surface area contributed by atoms with E-state index in [9.17, 15) is 9.59 Å². The zero-order valence-corrected chi connectivity index (χ0v) is 11.9. The molecule has 0 aliphatic heterocycles. The highest BCUT2D eigenvalue weighted by Crippen LogP contribution is 2.14. The number of nitrogens with zero attached hydrogens (tertiary/aromatic N) is 1. The highest BCUT2D eigenvalue weighted by atomic mass is 16.5. The van der Waals surface area contributed by atoms with Crippen LogP contribution < -0.4 is 10.2 Å². The van der Waals surface area contributed by atoms with Gasteiger partial charge in [-0.05, 0) is 26.0 Å². The summed E-state index contributed by atoms with van der Waals surface area (Å²) in [7, 11) is 1.29. The van der Waals surface area contributed by atoms with E-state index in [2.05, 4.69) is 5.32 Å². The number of ether oxygens (including phenoxy) is 1. The number of benzene rings is 1. The molecular weight excluding hydrogens is 260 g/mol. The first-order valence-electron chi connectivity index (χ1n) is 6.37. The molecule has 2 N–H and O–H groups in total. The number of hydrogen-bond acceptors (Lipinski definition) is 3. The van der Waals surface area contributed by atoms with E-state index < -0.39 is 12.1 Å². The number of anilines is 1. The number of urea groups is 1. The van der Waals surface area contributed by atoms with Gasteiger partial charge in [0, 0.05) is 19.3 Å². The van der Waals surface area contributed by atoms with Crippen molar-refractivity contribution in [3.05, 3.63) is 29.8 Å². The maximum absolute atomic E-state index is 12.1. The minimum atomic E-state index is -1.11. The van der Waals surface area contributed by atoms with Gasteiger partial charge in [-0.1, -0.05) is 17.7 Å². The second kappa shape index (κ2) is 7.49. The fourth-order valence-corrected chi connectivity index (χ4v) is 1.72. The van der Waals surface area contributed by atoms with Gasteiger partial charge in [-0.2, -0.15) is 0 Å². The monoisotopic (exact) mass is 280 g/mol. The molecule has 1 rings (SSSR count). The molecule has 0 radical (unpaired) electrons. The number of nitrogens with one attached hydrogen (secondary N) is 1. The van der Waals surface area contributed by atoms with Crippen molar-refractivity contribution in [3.63, 3.8) is 0 Å². The van der Waals surface area contributed by atoms with Crippen LogP contribution in [0.3, 0.4) is 0 Å². The molecule has 1 aromatic carbocycles. The van der Waals surface area contributed by atoms with E-state index in [-0.39, 0.29) is 12.6 Å². The van der Waals surface area contributed by atoms with Crippen LogP contribution in [0, 0.1) is 6.92 Å². The summed E-state index contributed by atoms with van der Waals surface area (Å²) >= 11 is 0. The average Bonchev–Trinajstić information content (AvgIpc) is 2.42. The lowest BCUT2D eigenvalue weighted by molar-refractivity contribution is -0.147. The Morgan fingerprint density at radius 2 is 1.95 bits per heavy atom. The smallest absolute Gasteiger partial charge is 0.334 e. The molecule has 0 aromatic heterocycles. The lowest BCUT2D eigenvalue weighted by Crippen LogP contribution is -2.45. The van der Waals surface area contributed by atoms with E-state index in [4.69, 9.17) is 9.84 Å². The van der Waals surface area contributed by atoms with Crippen molar-refractivity contribution in [1.82, 2.24) is 5.32 Å². The predicted octanol–water partition coefficient (Wildman–Crippen LogP) is 1.63. The number of carboxylic acid groups (broad SMARTS) is 1. The molecule has 6 heteroatoms. The fourth-order valence-electron chi connectivity index (χ4n) is 1.72. The van der Waals surface area contributed by atoms with E-state index >= 15 is 0 Å². The second-order valence-electron chi connectivity index (χ2n) is 4.33. The predicted molar refractivity (Wildman–Crippen MR) is 76.0 cm³/mol. The largest absolute Gasteiger partial charge is 0.479 e. The summed E-state index contributed by atoms with van der Waals surface area (Å²) in [5.74, 6) is -1.11. The number of carboxylic acids is 1. The summed E-state index contributed by atoms with van der Waals surface area (Å²) in [5.41, 5.74) is 1.87. The van der Waals surface area contributed by atoms with Crippen molar-refractivity contribution < 1.29 is 19.4 Å². The van der Waals surface area contributed by atoms with Crippen LogP contribution in [0.2, 0.25) is 0 Å². The molecule has 20 heavy (non-hydrogen) atoms. The third-order valence-electron chi connectivity index (χ3n) is 2.91. The number of hydrogen-bond donors (Lipinski definition) is 2. The van der Waals surface area contributed by atoms with Crippen LogP contribution in [0.25, 0.3) is 0 Å². The molecular formula is C14H20N2O4. The minimum absolute atomic E-state index is 0.0764. The number of methoxy groups -OCH3 is 1. The topological polar surface area (TPSA) is 78.9 Å². The lowest BCUT2D eigenvalue weighted by atomic mass is 10.2. The zero-order valence-electron chi connectivity index (χ0n) is 11.9. The molecule has 0 spiro atoms. The molecule has 1 atom stereocenters. The van der Waals surface area contributed by atoms with Crippen LogP contribution in [-0.4, -0.2) is 43.4 Å². The Labute approximate surface area is 118 Å². The fraction of sp³-hybridized carbons (Fsp3) is 0.429. The summed E-state index contributed by atoms with van der Waals surface area (Å²) < 4.78 is 4.76. The molecule has 110 valence electrons. The van der Waals surface area contributed by atoms with Gasteiger partial charge in [-0.15, -0.1) is 0 Å². The van der Waals surface area contributed by atoms with Crippen molar-refractivity contribution in [3.8, 4) is 0 Å². The second-order valence-corrected chi connectivity index (χ2v) is 4.33. The number of rotatable bonds is 6. The van der Waals surface area contributed by atoms with E-state index in [1.807, 2.05) is 38.1 Å². The Morgan fingerprint density at radius 1 is 1.35 bits per heavy atom. The van der Waals surface area contributed by atoms with Crippen LogP contribution in [0.5, 0.6) is 0 Å². The van der Waals surface area contributed by atoms with Gasteiger partial charge in [0.1, 0.15) is 0 Å². The highest BCUT2D eigenvalue weighted by molar-refractivity contribution is 5.92. The van der Waals surface area contributed by atoms with Gasteiger partial charge in [0.25, 0.3) is 0 Å². The number of carbonyl (C=O) groups excluding carboxylic acids is 1. The number of carbonyl (C=O) groups is 2. The normalized spacial score (nSPS) is 11.8. The van der Waals surface area contributed by atoms with Gasteiger partial charge in [-0.3, -0.25) is 4.90 Å². The molecule has 1 aromatic rings. The summed E-state index contributed by atoms with van der Waals surface area (Å²) in [4.78, 5) is 24.4. The third kappa shape index (κ3) is 4.24. The van der Waals surface area contributed by atoms with E-state index in [0.29, 0.717) is 6.54 Å². The minimum Gasteiger partial charge on any atom is -0.479 e. The molecule has 0 saturated carbocycles. The Bertz CT molecular complexity index is 459. The molecule has 0 aliphatic carbocycles. The number of amides is 2. The standard InChI is InChI=1S/C14H20N2O4/c1-4-16(11-7-5-10(2)6-8-11)14(19)15-9-12(20-3)13(17)18/h5-8,12H,4,9H2,1-3H3,(H,15,19)(H,17,18). The Hall–Kier alpha value is -2.08. The molecule has 2 amide bonds. The molecule has 6 nitrogen and oxygen atoms in total. The SMILES string of the molecule is CCN(C(=O)NCC(OC)C(=O)O)c1ccc(C)cc1. The van der Waals surface area contributed by atoms with Gasteiger partial charge >= 0.3 is 12.0 Å². The van der Waals surface area contributed by atoms with Gasteiger partial charge in [-0.25, -0.2) is 9.59 Å². The van der Waals surface area contributed by atoms with Gasteiger partial charge < -0.3 is 15.2 Å². The molecule has 1 unspecified atom stereocenters. The molecule has 0 aliphatic rings.